The summed E-state index contributed by atoms with van der Waals surface area (Å²) < 4.78 is 29.9. The largest absolute Gasteiger partial charge is 0.465 e. The van der Waals surface area contributed by atoms with E-state index < -0.39 is 35.2 Å². The number of amides is 1. The van der Waals surface area contributed by atoms with Gasteiger partial charge in [-0.2, -0.15) is 10.2 Å². The Labute approximate surface area is 184 Å². The van der Waals surface area contributed by atoms with Gasteiger partial charge in [-0.1, -0.05) is 12.1 Å². The number of anilines is 1. The quantitative estimate of drug-likeness (QED) is 0.432. The average molecular weight is 453 g/mol. The second-order valence-electron chi connectivity index (χ2n) is 7.61. The molecule has 1 aliphatic rings. The van der Waals surface area contributed by atoms with E-state index in [-0.39, 0.29) is 17.7 Å². The first kappa shape index (κ1) is 20.5. The van der Waals surface area contributed by atoms with Gasteiger partial charge in [0, 0.05) is 12.4 Å². The van der Waals surface area contributed by atoms with Crippen LogP contribution in [-0.2, 0) is 7.05 Å². The number of benzene rings is 2. The van der Waals surface area contributed by atoms with E-state index in [1.807, 2.05) is 0 Å². The number of H-pyrrole nitrogens is 1. The predicted molar refractivity (Wildman–Crippen MR) is 113 cm³/mol. The number of aromatic amines is 1. The lowest BCUT2D eigenvalue weighted by molar-refractivity contribution is 0.194. The Morgan fingerprint density at radius 2 is 1.97 bits per heavy atom. The smallest absolute Gasteiger partial charge is 0.406 e. The standard InChI is InChI=1S/C21H17F2N7O3/c1-29-19(24-8-26-29)16-17-15-13(20(31)28-27-17)6-12(23)7-14(15)30(9-25-21(32)33)18(16)10-2-4-11(22)5-3-10/h2-8,16,18,25H,9H2,1H3,(H,28,31)(H,32,33). The van der Waals surface area contributed by atoms with Gasteiger partial charge in [-0.05, 0) is 29.8 Å². The van der Waals surface area contributed by atoms with E-state index in [1.54, 1.807) is 24.1 Å². The van der Waals surface area contributed by atoms with E-state index in [2.05, 4.69) is 25.6 Å². The molecule has 2 aromatic heterocycles. The Morgan fingerprint density at radius 3 is 2.64 bits per heavy atom. The molecule has 33 heavy (non-hydrogen) atoms. The van der Waals surface area contributed by atoms with Crippen molar-refractivity contribution in [1.29, 1.82) is 0 Å². The van der Waals surface area contributed by atoms with Crippen LogP contribution in [-0.4, -0.2) is 42.8 Å². The number of rotatable bonds is 4. The van der Waals surface area contributed by atoms with E-state index in [4.69, 9.17) is 0 Å². The molecule has 3 heterocycles. The highest BCUT2D eigenvalue weighted by Gasteiger charge is 2.42. The summed E-state index contributed by atoms with van der Waals surface area (Å²) in [7, 11) is 1.69. The highest BCUT2D eigenvalue weighted by atomic mass is 19.1. The molecule has 2 aromatic carbocycles. The number of nitrogens with zero attached hydrogens (tertiary/aromatic N) is 5. The van der Waals surface area contributed by atoms with Gasteiger partial charge in [0.15, 0.2) is 0 Å². The normalized spacial score (nSPS) is 17.4. The highest BCUT2D eigenvalue weighted by molar-refractivity contribution is 5.98. The number of aryl methyl sites for hydroxylation is 1. The minimum atomic E-state index is -1.29. The van der Waals surface area contributed by atoms with E-state index in [9.17, 15) is 23.5 Å². The summed E-state index contributed by atoms with van der Waals surface area (Å²) in [5.41, 5.74) is 0.710. The molecular formula is C21H17F2N7O3. The van der Waals surface area contributed by atoms with Crippen LogP contribution in [0.15, 0.2) is 47.5 Å². The second kappa shape index (κ2) is 7.65. The molecule has 0 saturated carbocycles. The number of hydrogen-bond donors (Lipinski definition) is 3. The third-order valence-corrected chi connectivity index (χ3v) is 5.75. The summed E-state index contributed by atoms with van der Waals surface area (Å²) in [5.74, 6) is -1.30. The molecular weight excluding hydrogens is 436 g/mol. The van der Waals surface area contributed by atoms with E-state index >= 15 is 0 Å². The number of aromatic nitrogens is 5. The van der Waals surface area contributed by atoms with Crippen molar-refractivity contribution in [2.24, 2.45) is 7.05 Å². The summed E-state index contributed by atoms with van der Waals surface area (Å²) >= 11 is 0. The maximum Gasteiger partial charge on any atom is 0.406 e. The maximum absolute atomic E-state index is 14.6. The van der Waals surface area contributed by atoms with Crippen LogP contribution in [0.3, 0.4) is 0 Å². The third-order valence-electron chi connectivity index (χ3n) is 5.75. The summed E-state index contributed by atoms with van der Waals surface area (Å²) in [5, 5.41) is 22.9. The fraction of sp³-hybridized carbons (Fsp3) is 0.190. The highest BCUT2D eigenvalue weighted by Crippen LogP contribution is 2.49. The van der Waals surface area contributed by atoms with Crippen LogP contribution in [0, 0.1) is 11.6 Å². The number of nitrogens with one attached hydrogen (secondary N) is 2. The molecule has 2 unspecified atom stereocenters. The van der Waals surface area contributed by atoms with Gasteiger partial charge >= 0.3 is 6.09 Å². The van der Waals surface area contributed by atoms with Crippen molar-refractivity contribution in [2.75, 3.05) is 11.6 Å². The van der Waals surface area contributed by atoms with Gasteiger partial charge in [0.1, 0.15) is 23.8 Å². The number of carbonyl (C=O) groups is 1. The van der Waals surface area contributed by atoms with Gasteiger partial charge in [-0.25, -0.2) is 23.7 Å². The molecule has 10 nitrogen and oxygen atoms in total. The lowest BCUT2D eigenvalue weighted by Gasteiger charge is -2.42. The molecule has 12 heteroatoms. The number of hydrogen-bond acceptors (Lipinski definition) is 6. The van der Waals surface area contributed by atoms with Gasteiger partial charge in [0.2, 0.25) is 0 Å². The molecule has 1 aliphatic heterocycles. The molecule has 0 fully saturated rings. The summed E-state index contributed by atoms with van der Waals surface area (Å²) in [6, 6.07) is 7.33. The van der Waals surface area contributed by atoms with E-state index in [0.717, 1.165) is 6.07 Å². The van der Waals surface area contributed by atoms with Crippen LogP contribution < -0.4 is 15.8 Å². The Balaban J connectivity index is 1.86. The molecule has 0 aliphatic carbocycles. The van der Waals surface area contributed by atoms with Gasteiger partial charge in [-0.3, -0.25) is 9.48 Å². The zero-order valence-corrected chi connectivity index (χ0v) is 17.2. The minimum absolute atomic E-state index is 0.0695. The third kappa shape index (κ3) is 3.35. The van der Waals surface area contributed by atoms with Crippen molar-refractivity contribution in [2.45, 2.75) is 12.0 Å². The van der Waals surface area contributed by atoms with Crippen molar-refractivity contribution in [3.05, 3.63) is 81.8 Å². The maximum atomic E-state index is 14.6. The summed E-state index contributed by atoms with van der Waals surface area (Å²) in [4.78, 5) is 29.8. The van der Waals surface area contributed by atoms with E-state index in [0.29, 0.717) is 22.5 Å². The van der Waals surface area contributed by atoms with Crippen LogP contribution in [0.2, 0.25) is 0 Å². The Hall–Kier alpha value is -4.35. The van der Waals surface area contributed by atoms with Crippen LogP contribution >= 0.6 is 0 Å². The first-order valence-corrected chi connectivity index (χ1v) is 9.89. The molecule has 2 atom stereocenters. The average Bonchev–Trinajstić information content (AvgIpc) is 3.20. The fourth-order valence-corrected chi connectivity index (χ4v) is 4.42. The second-order valence-corrected chi connectivity index (χ2v) is 7.61. The molecule has 0 bridgehead atoms. The lowest BCUT2D eigenvalue weighted by atomic mass is 9.82. The molecule has 0 saturated heterocycles. The Bertz CT molecular complexity index is 1430. The zero-order chi connectivity index (χ0) is 23.3. The Kier molecular flexibility index (Phi) is 4.77. The van der Waals surface area contributed by atoms with Crippen LogP contribution in [0.4, 0.5) is 19.3 Å². The fourth-order valence-electron chi connectivity index (χ4n) is 4.42. The Morgan fingerprint density at radius 1 is 1.21 bits per heavy atom. The summed E-state index contributed by atoms with van der Waals surface area (Å²) in [6.07, 6.45) is 0.0745. The molecule has 3 N–H and O–H groups in total. The monoisotopic (exact) mass is 453 g/mol. The SMILES string of the molecule is Cn1ncnc1C1c2n[nH]c(=O)c3cc(F)cc(c23)N(CNC(=O)O)C1c1ccc(F)cc1. The van der Waals surface area contributed by atoms with E-state index in [1.165, 1.54) is 29.2 Å². The van der Waals surface area contributed by atoms with Crippen molar-refractivity contribution < 1.29 is 18.7 Å². The molecule has 4 aromatic rings. The van der Waals surface area contributed by atoms with Crippen molar-refractivity contribution in [3.8, 4) is 0 Å². The predicted octanol–water partition coefficient (Wildman–Crippen LogP) is 2.25. The molecule has 1 amide bonds. The lowest BCUT2D eigenvalue weighted by Crippen LogP contribution is -2.45. The molecule has 168 valence electrons. The van der Waals surface area contributed by atoms with Crippen LogP contribution in [0.1, 0.15) is 29.0 Å². The van der Waals surface area contributed by atoms with Crippen LogP contribution in [0.5, 0.6) is 0 Å². The van der Waals surface area contributed by atoms with Gasteiger partial charge in [0.05, 0.1) is 35.4 Å². The molecule has 0 spiro atoms. The molecule has 0 radical (unpaired) electrons. The molecule has 5 rings (SSSR count). The van der Waals surface area contributed by atoms with Crippen molar-refractivity contribution in [3.63, 3.8) is 0 Å². The number of halogens is 2. The first-order chi connectivity index (χ1) is 15.8. The topological polar surface area (TPSA) is 129 Å². The summed E-state index contributed by atoms with van der Waals surface area (Å²) in [6.45, 7) is -0.240. The van der Waals surface area contributed by atoms with Crippen LogP contribution in [0.25, 0.3) is 10.8 Å². The minimum Gasteiger partial charge on any atom is -0.465 e. The first-order valence-electron chi connectivity index (χ1n) is 9.89. The van der Waals surface area contributed by atoms with Crippen molar-refractivity contribution in [1.82, 2.24) is 30.3 Å². The van der Waals surface area contributed by atoms with Crippen molar-refractivity contribution >= 4 is 22.6 Å². The zero-order valence-electron chi connectivity index (χ0n) is 17.2. The van der Waals surface area contributed by atoms with Gasteiger partial charge < -0.3 is 15.3 Å². The van der Waals surface area contributed by atoms with Gasteiger partial charge in [-0.15, -0.1) is 0 Å². The number of carboxylic acid groups (broad SMARTS) is 1. The van der Waals surface area contributed by atoms with Gasteiger partial charge in [0.25, 0.3) is 5.56 Å².